The average molecular weight is 356 g/mol. The first-order valence-electron chi connectivity index (χ1n) is 10.7. The van der Waals surface area contributed by atoms with Gasteiger partial charge in [0.25, 0.3) is 0 Å². The van der Waals surface area contributed by atoms with Crippen molar-refractivity contribution in [2.45, 2.75) is 82.7 Å². The summed E-state index contributed by atoms with van der Waals surface area (Å²) in [7, 11) is 0. The van der Waals surface area contributed by atoms with Gasteiger partial charge in [-0.25, -0.2) is 4.79 Å². The fraction of sp³-hybridized carbons (Fsp3) is 0.682. The minimum absolute atomic E-state index is 0.0563. The van der Waals surface area contributed by atoms with Crippen LogP contribution >= 0.6 is 0 Å². The fourth-order valence-electron chi connectivity index (χ4n) is 5.49. The standard InChI is InChI=1S/C22H33N3O/c1-2-22(14-8-4-3-5-9-15-22)24-16-12-18(13-17-24)25-20-11-7-6-10-19(20)23-21(25)26/h6-7,10-11,18H,2-5,8-9,12-17H2,1H3,(H,23,26). The molecule has 0 spiro atoms. The van der Waals surface area contributed by atoms with Gasteiger partial charge in [-0.15, -0.1) is 0 Å². The van der Waals surface area contributed by atoms with Crippen LogP contribution in [0.4, 0.5) is 0 Å². The van der Waals surface area contributed by atoms with Crippen molar-refractivity contribution in [2.24, 2.45) is 0 Å². The van der Waals surface area contributed by atoms with E-state index in [0.29, 0.717) is 11.6 Å². The van der Waals surface area contributed by atoms with Crippen LogP contribution in [0.15, 0.2) is 29.1 Å². The number of benzene rings is 1. The second kappa shape index (κ2) is 7.59. The molecule has 0 bridgehead atoms. The first-order valence-corrected chi connectivity index (χ1v) is 10.7. The highest BCUT2D eigenvalue weighted by molar-refractivity contribution is 5.75. The largest absolute Gasteiger partial charge is 0.326 e. The molecule has 1 N–H and O–H groups in total. The molecule has 1 saturated heterocycles. The number of nitrogens with zero attached hydrogens (tertiary/aromatic N) is 2. The molecule has 26 heavy (non-hydrogen) atoms. The van der Waals surface area contributed by atoms with Gasteiger partial charge in [-0.3, -0.25) is 9.47 Å². The Bertz CT molecular complexity index is 774. The molecule has 0 unspecified atom stereocenters. The van der Waals surface area contributed by atoms with E-state index >= 15 is 0 Å². The van der Waals surface area contributed by atoms with Crippen molar-refractivity contribution < 1.29 is 0 Å². The summed E-state index contributed by atoms with van der Waals surface area (Å²) in [5.41, 5.74) is 2.49. The lowest BCUT2D eigenvalue weighted by Gasteiger charge is -2.48. The van der Waals surface area contributed by atoms with Crippen molar-refractivity contribution in [3.8, 4) is 0 Å². The van der Waals surface area contributed by atoms with E-state index in [9.17, 15) is 4.79 Å². The lowest BCUT2D eigenvalue weighted by Crippen LogP contribution is -2.52. The van der Waals surface area contributed by atoms with Gasteiger partial charge in [-0.05, 0) is 44.2 Å². The van der Waals surface area contributed by atoms with Gasteiger partial charge in [-0.2, -0.15) is 0 Å². The maximum atomic E-state index is 12.5. The van der Waals surface area contributed by atoms with E-state index in [1.165, 1.54) is 51.4 Å². The van der Waals surface area contributed by atoms with Gasteiger partial charge in [0, 0.05) is 24.7 Å². The Hall–Kier alpha value is -1.55. The SMILES string of the molecule is CCC1(N2CCC(n3c(=O)[nH]c4ccccc43)CC2)CCCCCCC1. The first kappa shape index (κ1) is 17.8. The zero-order valence-electron chi connectivity index (χ0n) is 16.2. The molecule has 142 valence electrons. The molecule has 1 aliphatic carbocycles. The molecule has 1 aromatic carbocycles. The van der Waals surface area contributed by atoms with Crippen molar-refractivity contribution in [2.75, 3.05) is 13.1 Å². The van der Waals surface area contributed by atoms with E-state index in [2.05, 4.69) is 22.9 Å². The molecule has 0 atom stereocenters. The van der Waals surface area contributed by atoms with Gasteiger partial charge >= 0.3 is 5.69 Å². The van der Waals surface area contributed by atoms with E-state index in [-0.39, 0.29) is 5.69 Å². The summed E-state index contributed by atoms with van der Waals surface area (Å²) in [5, 5.41) is 0. The number of rotatable bonds is 3. The average Bonchev–Trinajstić information content (AvgIpc) is 2.98. The van der Waals surface area contributed by atoms with Crippen LogP contribution in [-0.4, -0.2) is 33.1 Å². The third-order valence-corrected chi connectivity index (χ3v) is 7.07. The molecule has 4 rings (SSSR count). The number of hydrogen-bond acceptors (Lipinski definition) is 2. The van der Waals surface area contributed by atoms with Crippen LogP contribution in [0.1, 0.15) is 77.2 Å². The highest BCUT2D eigenvalue weighted by Crippen LogP contribution is 2.38. The predicted octanol–water partition coefficient (Wildman–Crippen LogP) is 4.86. The Labute approximate surface area is 156 Å². The number of imidazole rings is 1. The third-order valence-electron chi connectivity index (χ3n) is 7.07. The molecular formula is C22H33N3O. The van der Waals surface area contributed by atoms with Gasteiger partial charge in [0.1, 0.15) is 0 Å². The van der Waals surface area contributed by atoms with Crippen LogP contribution < -0.4 is 5.69 Å². The van der Waals surface area contributed by atoms with Gasteiger partial charge in [0.2, 0.25) is 0 Å². The van der Waals surface area contributed by atoms with Crippen molar-refractivity contribution in [3.63, 3.8) is 0 Å². The number of para-hydroxylation sites is 2. The summed E-state index contributed by atoms with van der Waals surface area (Å²) in [4.78, 5) is 18.3. The molecule has 4 nitrogen and oxygen atoms in total. The van der Waals surface area contributed by atoms with Crippen LogP contribution in [0, 0.1) is 0 Å². The molecular weight excluding hydrogens is 322 g/mol. The number of aromatic nitrogens is 2. The Morgan fingerprint density at radius 1 is 1.04 bits per heavy atom. The van der Waals surface area contributed by atoms with Crippen LogP contribution in [-0.2, 0) is 0 Å². The number of likely N-dealkylation sites (tertiary alicyclic amines) is 1. The molecule has 0 amide bonds. The summed E-state index contributed by atoms with van der Waals surface area (Å²) in [6, 6.07) is 8.43. The maximum absolute atomic E-state index is 12.5. The number of nitrogens with one attached hydrogen (secondary N) is 1. The zero-order valence-corrected chi connectivity index (χ0v) is 16.2. The Morgan fingerprint density at radius 3 is 2.38 bits per heavy atom. The van der Waals surface area contributed by atoms with Crippen molar-refractivity contribution in [1.29, 1.82) is 0 Å². The van der Waals surface area contributed by atoms with Crippen molar-refractivity contribution in [1.82, 2.24) is 14.5 Å². The minimum Gasteiger partial charge on any atom is -0.306 e. The highest BCUT2D eigenvalue weighted by Gasteiger charge is 2.37. The maximum Gasteiger partial charge on any atom is 0.326 e. The van der Waals surface area contributed by atoms with E-state index in [1.807, 2.05) is 22.8 Å². The highest BCUT2D eigenvalue weighted by atomic mass is 16.1. The lowest BCUT2D eigenvalue weighted by molar-refractivity contribution is 0.0270. The van der Waals surface area contributed by atoms with Crippen LogP contribution in [0.25, 0.3) is 11.0 Å². The summed E-state index contributed by atoms with van der Waals surface area (Å²) in [6.07, 6.45) is 13.2. The van der Waals surface area contributed by atoms with Crippen LogP contribution in [0.5, 0.6) is 0 Å². The van der Waals surface area contributed by atoms with Crippen molar-refractivity contribution >= 4 is 11.0 Å². The molecule has 4 heteroatoms. The second-order valence-corrected chi connectivity index (χ2v) is 8.38. The zero-order chi connectivity index (χ0) is 18.0. The second-order valence-electron chi connectivity index (χ2n) is 8.38. The monoisotopic (exact) mass is 355 g/mol. The van der Waals surface area contributed by atoms with Crippen LogP contribution in [0.2, 0.25) is 0 Å². The van der Waals surface area contributed by atoms with Crippen molar-refractivity contribution in [3.05, 3.63) is 34.7 Å². The predicted molar refractivity (Wildman–Crippen MR) is 108 cm³/mol. The molecule has 2 aliphatic rings. The van der Waals surface area contributed by atoms with Gasteiger partial charge in [0.05, 0.1) is 11.0 Å². The molecule has 1 aromatic heterocycles. The number of aromatic amines is 1. The fourth-order valence-corrected chi connectivity index (χ4v) is 5.49. The summed E-state index contributed by atoms with van der Waals surface area (Å²) in [6.45, 7) is 4.65. The summed E-state index contributed by atoms with van der Waals surface area (Å²) >= 11 is 0. The molecule has 1 aliphatic heterocycles. The number of fused-ring (bicyclic) bond motifs is 1. The molecule has 1 saturated carbocycles. The number of hydrogen-bond donors (Lipinski definition) is 1. The lowest BCUT2D eigenvalue weighted by atomic mass is 9.79. The Kier molecular flexibility index (Phi) is 5.21. The van der Waals surface area contributed by atoms with Crippen LogP contribution in [0.3, 0.4) is 0 Å². The molecule has 2 heterocycles. The quantitative estimate of drug-likeness (QED) is 0.854. The summed E-state index contributed by atoms with van der Waals surface area (Å²) in [5.74, 6) is 0. The number of H-pyrrole nitrogens is 1. The summed E-state index contributed by atoms with van der Waals surface area (Å²) < 4.78 is 2.02. The van der Waals surface area contributed by atoms with Gasteiger partial charge in [-0.1, -0.05) is 51.2 Å². The molecule has 0 radical (unpaired) electrons. The first-order chi connectivity index (χ1) is 12.7. The molecule has 2 aromatic rings. The van der Waals surface area contributed by atoms with Gasteiger partial charge in [0.15, 0.2) is 0 Å². The van der Waals surface area contributed by atoms with E-state index in [0.717, 1.165) is 37.0 Å². The normalized spacial score (nSPS) is 23.0. The number of piperidine rings is 1. The van der Waals surface area contributed by atoms with E-state index in [1.54, 1.807) is 0 Å². The van der Waals surface area contributed by atoms with E-state index < -0.39 is 0 Å². The van der Waals surface area contributed by atoms with E-state index in [4.69, 9.17) is 0 Å². The smallest absolute Gasteiger partial charge is 0.306 e. The Morgan fingerprint density at radius 2 is 1.69 bits per heavy atom. The topological polar surface area (TPSA) is 41.0 Å². The third kappa shape index (κ3) is 3.24. The molecule has 2 fully saturated rings. The Balaban J connectivity index is 1.51. The van der Waals surface area contributed by atoms with Gasteiger partial charge < -0.3 is 4.98 Å². The minimum atomic E-state index is 0.0563.